The number of anilines is 6. The van der Waals surface area contributed by atoms with Crippen molar-refractivity contribution in [2.75, 3.05) is 9.80 Å². The first-order valence-corrected chi connectivity index (χ1v) is 21.0. The average Bonchev–Trinajstić information content (AvgIpc) is 3.26. The van der Waals surface area contributed by atoms with Crippen molar-refractivity contribution >= 4 is 57.2 Å². The molecule has 0 radical (unpaired) electrons. The summed E-state index contributed by atoms with van der Waals surface area (Å²) >= 11 is 0. The van der Waals surface area contributed by atoms with Crippen LogP contribution in [0.15, 0.2) is 188 Å². The van der Waals surface area contributed by atoms with Crippen LogP contribution < -0.4 is 26.2 Å². The molecule has 0 bridgehead atoms. The van der Waals surface area contributed by atoms with Crippen LogP contribution in [0.5, 0.6) is 0 Å². The molecule has 10 rings (SSSR count). The second-order valence-electron chi connectivity index (χ2n) is 18.2. The van der Waals surface area contributed by atoms with Gasteiger partial charge in [0.25, 0.3) is 6.71 Å². The van der Waals surface area contributed by atoms with E-state index in [1.807, 2.05) is 0 Å². The van der Waals surface area contributed by atoms with Crippen molar-refractivity contribution in [2.24, 2.45) is 0 Å². The standard InChI is InChI=1S/C56H49BN2/c1-55(2,3)41-33-34-48(45(35-41)40-25-14-9-15-26-40)58-49-31-18-16-29-46(49)57-47-30-17-19-32-50(47)59(52-37-42(56(4,5)6)36-51(58)53(52)57)54-43(38-21-10-7-11-22-38)27-20-28-44(54)39-23-12-8-13-24-39/h7-37H,1-6H3. The summed E-state index contributed by atoms with van der Waals surface area (Å²) in [5.41, 5.74) is 20.9. The Kier molecular flexibility index (Phi) is 8.76. The molecule has 0 N–H and O–H groups in total. The monoisotopic (exact) mass is 760 g/mol. The van der Waals surface area contributed by atoms with Crippen LogP contribution in [0, 0.1) is 0 Å². The molecule has 0 aromatic heterocycles. The van der Waals surface area contributed by atoms with Gasteiger partial charge in [0.1, 0.15) is 0 Å². The van der Waals surface area contributed by atoms with Gasteiger partial charge in [0, 0.05) is 39.4 Å². The molecule has 0 fully saturated rings. The van der Waals surface area contributed by atoms with Gasteiger partial charge in [0.05, 0.1) is 11.4 Å². The number of fused-ring (bicyclic) bond motifs is 4. The summed E-state index contributed by atoms with van der Waals surface area (Å²) in [5.74, 6) is 0. The van der Waals surface area contributed by atoms with E-state index >= 15 is 0 Å². The van der Waals surface area contributed by atoms with Crippen LogP contribution in [0.2, 0.25) is 0 Å². The van der Waals surface area contributed by atoms with Crippen LogP contribution in [0.3, 0.4) is 0 Å². The Balaban J connectivity index is 1.34. The molecule has 0 spiro atoms. The molecule has 0 saturated carbocycles. The van der Waals surface area contributed by atoms with Gasteiger partial charge in [0.2, 0.25) is 0 Å². The molecule has 59 heavy (non-hydrogen) atoms. The Labute approximate surface area is 350 Å². The van der Waals surface area contributed by atoms with Crippen LogP contribution in [0.4, 0.5) is 34.1 Å². The highest BCUT2D eigenvalue weighted by atomic mass is 15.2. The second-order valence-corrected chi connectivity index (χ2v) is 18.2. The van der Waals surface area contributed by atoms with Crippen LogP contribution in [-0.2, 0) is 10.8 Å². The summed E-state index contributed by atoms with van der Waals surface area (Å²) in [7, 11) is 0. The Bertz CT molecular complexity index is 2790. The van der Waals surface area contributed by atoms with E-state index in [0.29, 0.717) is 0 Å². The lowest BCUT2D eigenvalue weighted by atomic mass is 9.33. The van der Waals surface area contributed by atoms with E-state index < -0.39 is 0 Å². The van der Waals surface area contributed by atoms with Crippen molar-refractivity contribution < 1.29 is 0 Å². The minimum Gasteiger partial charge on any atom is -0.311 e. The molecule has 2 aliphatic heterocycles. The van der Waals surface area contributed by atoms with Crippen molar-refractivity contribution in [1.82, 2.24) is 0 Å². The average molecular weight is 761 g/mol. The maximum absolute atomic E-state index is 2.61. The van der Waals surface area contributed by atoms with E-state index in [0.717, 1.165) is 0 Å². The lowest BCUT2D eigenvalue weighted by Gasteiger charge is -2.46. The number of nitrogens with zero attached hydrogens (tertiary/aromatic N) is 2. The SMILES string of the molecule is CC(C)(C)c1ccc(N2c3ccccc3B3c4ccccc4N(c4c(-c5ccccc5)cccc4-c4ccccc4)c4cc(C(C)(C)C)cc2c43)c(-c2ccccc2)c1. The molecule has 0 unspecified atom stereocenters. The van der Waals surface area contributed by atoms with Crippen molar-refractivity contribution in [2.45, 2.75) is 52.4 Å². The van der Waals surface area contributed by atoms with Crippen molar-refractivity contribution in [3.8, 4) is 33.4 Å². The zero-order chi connectivity index (χ0) is 40.5. The number of para-hydroxylation sites is 3. The largest absolute Gasteiger partial charge is 0.311 e. The molecule has 2 heterocycles. The van der Waals surface area contributed by atoms with Crippen LogP contribution in [0.1, 0.15) is 52.7 Å². The number of hydrogen-bond acceptors (Lipinski definition) is 2. The minimum atomic E-state index is -0.133. The summed E-state index contributed by atoms with van der Waals surface area (Å²) in [4.78, 5) is 5.19. The zero-order valence-electron chi connectivity index (χ0n) is 34.9. The molecule has 3 heteroatoms. The van der Waals surface area contributed by atoms with Gasteiger partial charge in [0.15, 0.2) is 0 Å². The Morgan fingerprint density at radius 2 is 0.780 bits per heavy atom. The van der Waals surface area contributed by atoms with Crippen LogP contribution in [-0.4, -0.2) is 6.71 Å². The third-order valence-electron chi connectivity index (χ3n) is 12.4. The van der Waals surface area contributed by atoms with Gasteiger partial charge in [-0.3, -0.25) is 0 Å². The predicted octanol–water partition coefficient (Wildman–Crippen LogP) is 13.4. The van der Waals surface area contributed by atoms with Gasteiger partial charge < -0.3 is 9.80 Å². The highest BCUT2D eigenvalue weighted by molar-refractivity contribution is 7.00. The first-order valence-electron chi connectivity index (χ1n) is 21.0. The lowest BCUT2D eigenvalue weighted by Crippen LogP contribution is -2.61. The Hall–Kier alpha value is -6.58. The highest BCUT2D eigenvalue weighted by Gasteiger charge is 2.45. The van der Waals surface area contributed by atoms with Crippen LogP contribution >= 0.6 is 0 Å². The van der Waals surface area contributed by atoms with E-state index in [9.17, 15) is 0 Å². The fourth-order valence-electron chi connectivity index (χ4n) is 9.36. The third kappa shape index (κ3) is 6.19. The smallest absolute Gasteiger partial charge is 0.252 e. The molecule has 0 amide bonds. The molecular formula is C56H49BN2. The van der Waals surface area contributed by atoms with Gasteiger partial charge in [-0.1, -0.05) is 193 Å². The van der Waals surface area contributed by atoms with Crippen molar-refractivity contribution in [3.05, 3.63) is 199 Å². The second kappa shape index (κ2) is 14.1. The summed E-state index contributed by atoms with van der Waals surface area (Å²) in [6.45, 7) is 14.0. The van der Waals surface area contributed by atoms with Crippen LogP contribution in [0.25, 0.3) is 33.4 Å². The normalized spacial score (nSPS) is 13.2. The van der Waals surface area contributed by atoms with Gasteiger partial charge in [-0.05, 0) is 91.4 Å². The van der Waals surface area contributed by atoms with E-state index in [4.69, 9.17) is 0 Å². The molecule has 0 aliphatic carbocycles. The fraction of sp³-hybridized carbons (Fsp3) is 0.143. The summed E-state index contributed by atoms with van der Waals surface area (Å²) in [5, 5.41) is 0. The van der Waals surface area contributed by atoms with Gasteiger partial charge in [-0.15, -0.1) is 0 Å². The maximum atomic E-state index is 2.61. The number of benzene rings is 8. The summed E-state index contributed by atoms with van der Waals surface area (Å²) in [6.07, 6.45) is 0. The first kappa shape index (κ1) is 36.7. The molecule has 8 aromatic carbocycles. The number of rotatable bonds is 5. The summed E-state index contributed by atoms with van der Waals surface area (Å²) < 4.78 is 0. The molecule has 0 saturated heterocycles. The fourth-order valence-corrected chi connectivity index (χ4v) is 9.36. The highest BCUT2D eigenvalue weighted by Crippen LogP contribution is 2.51. The third-order valence-corrected chi connectivity index (χ3v) is 12.4. The minimum absolute atomic E-state index is 0.00884. The Morgan fingerprint density at radius 1 is 0.339 bits per heavy atom. The zero-order valence-corrected chi connectivity index (χ0v) is 34.9. The maximum Gasteiger partial charge on any atom is 0.252 e. The number of hydrogen-bond donors (Lipinski definition) is 0. The van der Waals surface area contributed by atoms with E-state index in [-0.39, 0.29) is 17.5 Å². The van der Waals surface area contributed by atoms with Gasteiger partial charge >= 0.3 is 0 Å². The molecule has 2 nitrogen and oxygen atoms in total. The van der Waals surface area contributed by atoms with Gasteiger partial charge in [-0.2, -0.15) is 0 Å². The van der Waals surface area contributed by atoms with Crippen molar-refractivity contribution in [3.63, 3.8) is 0 Å². The molecule has 8 aromatic rings. The first-order chi connectivity index (χ1) is 28.6. The van der Waals surface area contributed by atoms with Gasteiger partial charge in [-0.25, -0.2) is 0 Å². The molecule has 2 aliphatic rings. The van der Waals surface area contributed by atoms with E-state index in [1.54, 1.807) is 0 Å². The quantitative estimate of drug-likeness (QED) is 0.161. The van der Waals surface area contributed by atoms with Crippen molar-refractivity contribution in [1.29, 1.82) is 0 Å². The summed E-state index contributed by atoms with van der Waals surface area (Å²) in [6, 6.07) is 70.0. The lowest BCUT2D eigenvalue weighted by molar-refractivity contribution is 0.590. The molecular weight excluding hydrogens is 711 g/mol. The van der Waals surface area contributed by atoms with E-state index in [1.165, 1.54) is 95.0 Å². The van der Waals surface area contributed by atoms with E-state index in [2.05, 4.69) is 239 Å². The predicted molar refractivity (Wildman–Crippen MR) is 254 cm³/mol. The molecule has 286 valence electrons. The molecule has 0 atom stereocenters. The topological polar surface area (TPSA) is 6.48 Å². The Morgan fingerprint density at radius 3 is 1.29 bits per heavy atom.